The molecule has 7 heteroatoms. The van der Waals surface area contributed by atoms with Gasteiger partial charge in [0, 0.05) is 31.9 Å². The SMILES string of the molecule is CCOc1ccc(NC(=O)N2CCCN(C(=O)OC)CC2)cc1C. The first-order valence-electron chi connectivity index (χ1n) is 8.17. The lowest BCUT2D eigenvalue weighted by Crippen LogP contribution is -2.39. The molecule has 0 saturated carbocycles. The molecular formula is C17H25N3O4. The number of hydrogen-bond acceptors (Lipinski definition) is 4. The van der Waals surface area contributed by atoms with Gasteiger partial charge >= 0.3 is 12.1 Å². The molecule has 1 aliphatic heterocycles. The van der Waals surface area contributed by atoms with Crippen LogP contribution in [0.3, 0.4) is 0 Å². The maximum absolute atomic E-state index is 12.4. The van der Waals surface area contributed by atoms with Gasteiger partial charge in [0.15, 0.2) is 0 Å². The summed E-state index contributed by atoms with van der Waals surface area (Å²) < 4.78 is 10.2. The lowest BCUT2D eigenvalue weighted by Gasteiger charge is -2.22. The molecule has 1 N–H and O–H groups in total. The lowest BCUT2D eigenvalue weighted by molar-refractivity contribution is 0.125. The number of ether oxygens (including phenoxy) is 2. The van der Waals surface area contributed by atoms with Crippen LogP contribution < -0.4 is 10.1 Å². The van der Waals surface area contributed by atoms with E-state index in [0.717, 1.165) is 23.4 Å². The number of aryl methyl sites for hydroxylation is 1. The molecule has 0 aromatic heterocycles. The van der Waals surface area contributed by atoms with Crippen molar-refractivity contribution in [2.75, 3.05) is 45.2 Å². The van der Waals surface area contributed by atoms with E-state index in [1.807, 2.05) is 32.0 Å². The smallest absolute Gasteiger partial charge is 0.409 e. The Labute approximate surface area is 142 Å². The van der Waals surface area contributed by atoms with Crippen LogP contribution in [0.1, 0.15) is 18.9 Å². The molecule has 1 aliphatic rings. The molecule has 0 aliphatic carbocycles. The van der Waals surface area contributed by atoms with Gasteiger partial charge in [-0.15, -0.1) is 0 Å². The summed E-state index contributed by atoms with van der Waals surface area (Å²) in [6.07, 6.45) is 0.379. The summed E-state index contributed by atoms with van der Waals surface area (Å²) in [6.45, 7) is 6.65. The van der Waals surface area contributed by atoms with Crippen molar-refractivity contribution < 1.29 is 19.1 Å². The zero-order valence-electron chi connectivity index (χ0n) is 14.5. The van der Waals surface area contributed by atoms with Crippen LogP contribution in [0.5, 0.6) is 5.75 Å². The predicted molar refractivity (Wildman–Crippen MR) is 91.5 cm³/mol. The average molecular weight is 335 g/mol. The predicted octanol–water partition coefficient (Wildman–Crippen LogP) is 2.70. The summed E-state index contributed by atoms with van der Waals surface area (Å²) in [6, 6.07) is 5.41. The number of urea groups is 1. The molecule has 2 rings (SSSR count). The molecule has 0 atom stereocenters. The molecule has 0 bridgehead atoms. The highest BCUT2D eigenvalue weighted by atomic mass is 16.5. The number of carbonyl (C=O) groups is 2. The summed E-state index contributed by atoms with van der Waals surface area (Å²) in [5.74, 6) is 0.819. The van der Waals surface area contributed by atoms with Gasteiger partial charge in [0.25, 0.3) is 0 Å². The van der Waals surface area contributed by atoms with Gasteiger partial charge in [-0.25, -0.2) is 9.59 Å². The Morgan fingerprint density at radius 3 is 2.54 bits per heavy atom. The number of rotatable bonds is 3. The fraction of sp³-hybridized carbons (Fsp3) is 0.529. The van der Waals surface area contributed by atoms with E-state index >= 15 is 0 Å². The Balaban J connectivity index is 1.94. The second kappa shape index (κ2) is 8.42. The van der Waals surface area contributed by atoms with Crippen LogP contribution in [-0.4, -0.2) is 61.8 Å². The van der Waals surface area contributed by atoms with Crippen molar-refractivity contribution in [3.05, 3.63) is 23.8 Å². The molecule has 24 heavy (non-hydrogen) atoms. The van der Waals surface area contributed by atoms with E-state index in [2.05, 4.69) is 5.32 Å². The van der Waals surface area contributed by atoms with Crippen LogP contribution in [-0.2, 0) is 4.74 Å². The second-order valence-electron chi connectivity index (χ2n) is 5.64. The quantitative estimate of drug-likeness (QED) is 0.922. The first kappa shape index (κ1) is 17.9. The molecule has 1 aromatic carbocycles. The molecule has 7 nitrogen and oxygen atoms in total. The summed E-state index contributed by atoms with van der Waals surface area (Å²) >= 11 is 0. The Bertz CT molecular complexity index is 591. The minimum absolute atomic E-state index is 0.162. The van der Waals surface area contributed by atoms with Crippen LogP contribution in [0.15, 0.2) is 18.2 Å². The van der Waals surface area contributed by atoms with Gasteiger partial charge in [-0.1, -0.05) is 0 Å². The molecule has 0 unspecified atom stereocenters. The number of methoxy groups -OCH3 is 1. The normalized spacial score (nSPS) is 14.8. The first-order valence-corrected chi connectivity index (χ1v) is 8.17. The Kier molecular flexibility index (Phi) is 6.28. The lowest BCUT2D eigenvalue weighted by atomic mass is 10.2. The highest BCUT2D eigenvalue weighted by Gasteiger charge is 2.22. The standard InChI is InChI=1S/C17H25N3O4/c1-4-24-15-7-6-14(12-13(15)2)18-16(21)19-8-5-9-20(11-10-19)17(22)23-3/h6-7,12H,4-5,8-11H2,1-3H3,(H,18,21). The Morgan fingerprint density at radius 2 is 1.88 bits per heavy atom. The Morgan fingerprint density at radius 1 is 1.17 bits per heavy atom. The first-order chi connectivity index (χ1) is 11.5. The van der Waals surface area contributed by atoms with E-state index in [1.165, 1.54) is 7.11 Å². The molecule has 1 saturated heterocycles. The van der Waals surface area contributed by atoms with Crippen molar-refractivity contribution in [2.45, 2.75) is 20.3 Å². The zero-order chi connectivity index (χ0) is 17.5. The van der Waals surface area contributed by atoms with Crippen molar-refractivity contribution in [1.29, 1.82) is 0 Å². The van der Waals surface area contributed by atoms with Gasteiger partial charge in [-0.05, 0) is 44.0 Å². The maximum atomic E-state index is 12.4. The van der Waals surface area contributed by atoms with E-state index in [1.54, 1.807) is 9.80 Å². The summed E-state index contributed by atoms with van der Waals surface area (Å²) in [7, 11) is 1.37. The van der Waals surface area contributed by atoms with Gasteiger partial charge in [0.1, 0.15) is 5.75 Å². The van der Waals surface area contributed by atoms with E-state index in [9.17, 15) is 9.59 Å². The fourth-order valence-corrected chi connectivity index (χ4v) is 2.68. The topological polar surface area (TPSA) is 71.1 Å². The monoisotopic (exact) mass is 335 g/mol. The van der Waals surface area contributed by atoms with Crippen molar-refractivity contribution in [1.82, 2.24) is 9.80 Å². The van der Waals surface area contributed by atoms with Crippen LogP contribution >= 0.6 is 0 Å². The van der Waals surface area contributed by atoms with Gasteiger partial charge in [-0.2, -0.15) is 0 Å². The largest absolute Gasteiger partial charge is 0.494 e. The molecule has 1 fully saturated rings. The number of hydrogen-bond donors (Lipinski definition) is 1. The number of anilines is 1. The summed E-state index contributed by atoms with van der Waals surface area (Å²) in [4.78, 5) is 27.4. The Hall–Kier alpha value is -2.44. The fourth-order valence-electron chi connectivity index (χ4n) is 2.68. The number of carbonyl (C=O) groups excluding carboxylic acids is 2. The molecule has 132 valence electrons. The number of nitrogens with one attached hydrogen (secondary N) is 1. The zero-order valence-corrected chi connectivity index (χ0v) is 14.5. The van der Waals surface area contributed by atoms with Crippen molar-refractivity contribution in [3.8, 4) is 5.75 Å². The van der Waals surface area contributed by atoms with E-state index in [4.69, 9.17) is 9.47 Å². The summed E-state index contributed by atoms with van der Waals surface area (Å²) in [5, 5.41) is 2.90. The molecule has 0 spiro atoms. The van der Waals surface area contributed by atoms with Crippen molar-refractivity contribution in [2.24, 2.45) is 0 Å². The molecule has 0 radical (unpaired) electrons. The third kappa shape index (κ3) is 4.53. The van der Waals surface area contributed by atoms with Gasteiger partial charge < -0.3 is 24.6 Å². The van der Waals surface area contributed by atoms with Crippen LogP contribution in [0.4, 0.5) is 15.3 Å². The van der Waals surface area contributed by atoms with E-state index < -0.39 is 0 Å². The van der Waals surface area contributed by atoms with Crippen LogP contribution in [0.25, 0.3) is 0 Å². The third-order valence-electron chi connectivity index (χ3n) is 3.94. The summed E-state index contributed by atoms with van der Waals surface area (Å²) in [5.41, 5.74) is 1.71. The highest BCUT2D eigenvalue weighted by Crippen LogP contribution is 2.22. The van der Waals surface area contributed by atoms with Crippen molar-refractivity contribution in [3.63, 3.8) is 0 Å². The molecule has 1 heterocycles. The molecular weight excluding hydrogens is 310 g/mol. The van der Waals surface area contributed by atoms with Gasteiger partial charge in [-0.3, -0.25) is 0 Å². The van der Waals surface area contributed by atoms with Crippen molar-refractivity contribution >= 4 is 17.8 Å². The van der Waals surface area contributed by atoms with Gasteiger partial charge in [0.05, 0.1) is 13.7 Å². The van der Waals surface area contributed by atoms with Gasteiger partial charge in [0.2, 0.25) is 0 Å². The third-order valence-corrected chi connectivity index (χ3v) is 3.94. The molecule has 1 aromatic rings. The highest BCUT2D eigenvalue weighted by molar-refractivity contribution is 5.89. The average Bonchev–Trinajstić information content (AvgIpc) is 2.83. The number of amides is 3. The maximum Gasteiger partial charge on any atom is 0.409 e. The van der Waals surface area contributed by atoms with Crippen LogP contribution in [0.2, 0.25) is 0 Å². The van der Waals surface area contributed by atoms with E-state index in [0.29, 0.717) is 32.8 Å². The minimum Gasteiger partial charge on any atom is -0.494 e. The minimum atomic E-state index is -0.348. The number of nitrogens with zero attached hydrogens (tertiary/aromatic N) is 2. The second-order valence-corrected chi connectivity index (χ2v) is 5.64. The molecule has 3 amide bonds. The van der Waals surface area contributed by atoms with Crippen LogP contribution in [0, 0.1) is 6.92 Å². The number of benzene rings is 1. The van der Waals surface area contributed by atoms with E-state index in [-0.39, 0.29) is 12.1 Å².